The molecule has 13 atom stereocenters. The summed E-state index contributed by atoms with van der Waals surface area (Å²) in [5, 5.41) is 58.1. The van der Waals surface area contributed by atoms with Crippen LogP contribution in [0.1, 0.15) is 128 Å². The number of hydrogen-bond donors (Lipinski definition) is 22. The highest BCUT2D eigenvalue weighted by atomic mass is 32.2. The Bertz CT molecular complexity index is 4820. The fourth-order valence-corrected chi connectivity index (χ4v) is 14.3. The molecule has 1 fully saturated rings. The number of aliphatic hydroxyl groups is 1. The number of para-hydroxylation sites is 1. The number of carbonyl (C=O) groups excluding carboxylic acids is 19. The monoisotopic (exact) mass is 1770 g/mol. The first-order chi connectivity index (χ1) is 59.6. The Hall–Kier alpha value is -13.8. The first kappa shape index (κ1) is 101. The van der Waals surface area contributed by atoms with Crippen LogP contribution >= 0.6 is 11.8 Å². The normalized spacial score (nSPS) is 18.5. The van der Waals surface area contributed by atoms with E-state index < -0.39 is 260 Å². The van der Waals surface area contributed by atoms with Crippen LogP contribution in [0.5, 0.6) is 5.75 Å². The lowest BCUT2D eigenvalue weighted by molar-refractivity contribution is -0.140. The SMILES string of the molecule is CC(=O)NCCCC[C@](C)(NC(=O)[C@H](Cc1ccc2ccccc2c1)NC(=O)[C@H](Cc1ccc(OCCNC(C)=O)cc1)NC(=O)[C@@H]1CSCC[C@H](NC(C)=O)C(=O)N[C@@H](CCC(N)=O)C(=O)N[C@@H]([C@@H](C)O)C(=O)N[C@@H](Cc2c[nH]c3ccccc23)C(=O)N[C@@H](CCC(N)=O)C(=O)N1)C(=O)N[C@@H](CCC(=O)O)C(=O)N[C@@H](CC(N)=O)C(=O)N[C@@H](CC(N)=O)C(N)=O. The molecule has 43 nitrogen and oxygen atoms in total. The van der Waals surface area contributed by atoms with E-state index in [0.717, 1.165) is 31.0 Å². The average Bonchev–Trinajstić information content (AvgIpc) is 1.41. The number of thioether (sulfide) groups is 1. The Kier molecular flexibility index (Phi) is 39.7. The molecule has 4 aromatic carbocycles. The number of fused-ring (bicyclic) bond motifs is 2. The summed E-state index contributed by atoms with van der Waals surface area (Å²) < 4.78 is 5.83. The number of nitrogens with one attached hydrogen (secondary N) is 15. The van der Waals surface area contributed by atoms with Crippen molar-refractivity contribution in [3.05, 3.63) is 114 Å². The number of unbranched alkanes of at least 4 members (excludes halogenated alkanes) is 1. The fourth-order valence-electron chi connectivity index (χ4n) is 13.3. The topological polar surface area (TPSA) is 705 Å². The van der Waals surface area contributed by atoms with Gasteiger partial charge in [-0.05, 0) is 110 Å². The van der Waals surface area contributed by atoms with Crippen LogP contribution in [0, 0.1) is 0 Å². The molecule has 6 rings (SSSR count). The molecule has 126 heavy (non-hydrogen) atoms. The van der Waals surface area contributed by atoms with E-state index in [1.165, 1.54) is 51.2 Å². The van der Waals surface area contributed by atoms with Gasteiger partial charge in [-0.3, -0.25) is 95.9 Å². The molecule has 27 N–H and O–H groups in total. The summed E-state index contributed by atoms with van der Waals surface area (Å²) in [7, 11) is 0. The highest BCUT2D eigenvalue weighted by Crippen LogP contribution is 2.24. The number of H-pyrrole nitrogens is 1. The third-order valence-corrected chi connectivity index (χ3v) is 21.1. The Morgan fingerprint density at radius 3 is 1.72 bits per heavy atom. The number of amides is 19. The van der Waals surface area contributed by atoms with Crippen molar-refractivity contribution in [1.29, 1.82) is 0 Å². The lowest BCUT2D eigenvalue weighted by Gasteiger charge is -2.34. The number of carbonyl (C=O) groups is 20. The minimum absolute atomic E-state index is 0.00431. The summed E-state index contributed by atoms with van der Waals surface area (Å²) in [6.45, 7) is 6.11. The first-order valence-corrected chi connectivity index (χ1v) is 41.5. The molecule has 1 aliphatic rings. The van der Waals surface area contributed by atoms with Crippen LogP contribution in [-0.4, -0.2) is 243 Å². The number of aromatic nitrogens is 1. The van der Waals surface area contributed by atoms with Crippen molar-refractivity contribution < 1.29 is 111 Å². The van der Waals surface area contributed by atoms with E-state index in [2.05, 4.69) is 79.4 Å². The molecule has 0 radical (unpaired) electrons. The maximum absolute atomic E-state index is 15.9. The standard InChI is InChI=1S/C82H110N20O23S/c1-42(103)69-80(123)98-61(37-50-40-90-53-15-9-8-14-52(50)53)76(119)93-54(22-25-64(83)107)71(114)99-63(41-126-33-28-57(91-45(4)106)73(116)92-55(74(117)101-69)23-26-65(84)108)78(121)95-59(35-46-17-20-51(21-18-46)125-32-31-89-44(3)105)75(118)96-60(36-47-16-19-48-12-6-7-13-49(48)34-47)79(122)102-82(5,29-10-11-30-88-43(2)104)81(124)100-56(24-27-68(111)112)72(115)97-62(39-67(86)110)77(120)94-58(70(87)113)38-66(85)109/h6-9,12-21,34,40,42,54-63,69,90,103H,10-11,22-33,35-39,41H2,1-5H3,(H2,83,107)(H2,84,108)(H2,85,109)(H2,86,110)(H2,87,113)(H,88,104)(H,89,105)(H,91,106)(H,92,116)(H,93,119)(H,94,120)(H,95,121)(H,96,118)(H,97,115)(H,98,123)(H,99,114)(H,100,124)(H,101,117)(H,102,122)(H,111,112)/t42-,54+,55+,56+,57+,58+,59+,60+,61+,62+,63+,69+,82+/m1/s1. The molecular formula is C82H110N20O23S. The molecule has 44 heteroatoms. The van der Waals surface area contributed by atoms with Crippen molar-refractivity contribution in [2.75, 3.05) is 31.2 Å². The van der Waals surface area contributed by atoms with Crippen molar-refractivity contribution in [1.82, 2.24) is 79.4 Å². The van der Waals surface area contributed by atoms with Crippen molar-refractivity contribution in [2.24, 2.45) is 28.7 Å². The van der Waals surface area contributed by atoms with Gasteiger partial charge in [0, 0.05) is 88.7 Å². The van der Waals surface area contributed by atoms with Crippen LogP contribution in [0.3, 0.4) is 0 Å². The van der Waals surface area contributed by atoms with E-state index in [4.69, 9.17) is 33.4 Å². The van der Waals surface area contributed by atoms with Crippen LogP contribution in [0.15, 0.2) is 97.2 Å². The predicted octanol–water partition coefficient (Wildman–Crippen LogP) is -5.45. The number of aliphatic carboxylic acids is 1. The molecule has 0 bridgehead atoms. The lowest BCUT2D eigenvalue weighted by Crippen LogP contribution is -2.64. The second kappa shape index (κ2) is 49.5. The zero-order valence-electron chi connectivity index (χ0n) is 70.1. The summed E-state index contributed by atoms with van der Waals surface area (Å²) in [5.41, 5.74) is 26.7. The molecule has 1 aromatic heterocycles. The van der Waals surface area contributed by atoms with Gasteiger partial charge >= 0.3 is 5.97 Å². The van der Waals surface area contributed by atoms with E-state index in [-0.39, 0.29) is 69.2 Å². The van der Waals surface area contributed by atoms with Gasteiger partial charge in [0.15, 0.2) is 0 Å². The Morgan fingerprint density at radius 1 is 0.556 bits per heavy atom. The van der Waals surface area contributed by atoms with Gasteiger partial charge in [0.2, 0.25) is 112 Å². The molecule has 682 valence electrons. The van der Waals surface area contributed by atoms with Gasteiger partial charge in [-0.25, -0.2) is 0 Å². The molecule has 5 aromatic rings. The zero-order chi connectivity index (χ0) is 93.1. The number of carboxylic acid groups (broad SMARTS) is 1. The van der Waals surface area contributed by atoms with E-state index >= 15 is 28.8 Å². The Labute approximate surface area is 727 Å². The van der Waals surface area contributed by atoms with Gasteiger partial charge in [-0.15, -0.1) is 0 Å². The van der Waals surface area contributed by atoms with Crippen LogP contribution in [-0.2, 0) is 115 Å². The maximum atomic E-state index is 15.9. The predicted molar refractivity (Wildman–Crippen MR) is 454 cm³/mol. The highest BCUT2D eigenvalue weighted by molar-refractivity contribution is 7.99. The minimum Gasteiger partial charge on any atom is -0.492 e. The first-order valence-electron chi connectivity index (χ1n) is 40.4. The number of aliphatic hydroxyl groups excluding tert-OH is 1. The summed E-state index contributed by atoms with van der Waals surface area (Å²) in [6.07, 6.45) is -7.60. The molecule has 2 heterocycles. The molecular weight excluding hydrogens is 1670 g/mol. The van der Waals surface area contributed by atoms with Crippen molar-refractivity contribution in [2.45, 2.75) is 209 Å². The summed E-state index contributed by atoms with van der Waals surface area (Å²) in [4.78, 5) is 277. The van der Waals surface area contributed by atoms with Gasteiger partial charge < -0.3 is 123 Å². The van der Waals surface area contributed by atoms with Gasteiger partial charge in [-0.1, -0.05) is 72.8 Å². The number of hydrogen-bond acceptors (Lipinski definition) is 23. The summed E-state index contributed by atoms with van der Waals surface area (Å²) in [6, 6.07) is 5.08. The number of ether oxygens (including phenoxy) is 1. The van der Waals surface area contributed by atoms with E-state index in [1.807, 2.05) is 0 Å². The van der Waals surface area contributed by atoms with E-state index in [0.29, 0.717) is 33.0 Å². The summed E-state index contributed by atoms with van der Waals surface area (Å²) in [5.74, 6) is -21.7. The van der Waals surface area contributed by atoms with Gasteiger partial charge in [-0.2, -0.15) is 11.8 Å². The molecule has 0 aliphatic carbocycles. The van der Waals surface area contributed by atoms with Gasteiger partial charge in [0.25, 0.3) is 0 Å². The molecule has 0 spiro atoms. The third kappa shape index (κ3) is 33.8. The van der Waals surface area contributed by atoms with Crippen LogP contribution in [0.2, 0.25) is 0 Å². The number of aromatic amines is 1. The molecule has 0 saturated carbocycles. The van der Waals surface area contributed by atoms with Gasteiger partial charge in [0.05, 0.1) is 25.5 Å². The third-order valence-electron chi connectivity index (χ3n) is 20.0. The Balaban J connectivity index is 1.49. The second-order valence-electron chi connectivity index (χ2n) is 30.4. The van der Waals surface area contributed by atoms with E-state index in [9.17, 15) is 77.3 Å². The van der Waals surface area contributed by atoms with Crippen LogP contribution in [0.25, 0.3) is 21.7 Å². The summed E-state index contributed by atoms with van der Waals surface area (Å²) >= 11 is 0.882. The zero-order valence-corrected chi connectivity index (χ0v) is 70.9. The number of nitrogens with two attached hydrogens (primary N) is 5. The molecule has 0 unspecified atom stereocenters. The molecule has 1 saturated heterocycles. The van der Waals surface area contributed by atoms with Crippen LogP contribution in [0.4, 0.5) is 0 Å². The Morgan fingerprint density at radius 2 is 1.10 bits per heavy atom. The minimum atomic E-state index is -2.23. The number of benzene rings is 4. The van der Waals surface area contributed by atoms with E-state index in [1.54, 1.807) is 66.7 Å². The quantitative estimate of drug-likeness (QED) is 0.0162. The van der Waals surface area contributed by atoms with Crippen molar-refractivity contribution in [3.8, 4) is 5.75 Å². The molecule has 19 amide bonds. The fraction of sp³-hybridized carbons (Fsp3) is 0.463. The number of carboxylic acids is 1. The second-order valence-corrected chi connectivity index (χ2v) is 31.6. The largest absolute Gasteiger partial charge is 0.492 e. The highest BCUT2D eigenvalue weighted by Gasteiger charge is 2.42. The average molecular weight is 1780 g/mol. The van der Waals surface area contributed by atoms with Crippen molar-refractivity contribution >= 4 is 152 Å². The van der Waals surface area contributed by atoms with Crippen molar-refractivity contribution in [3.63, 3.8) is 0 Å². The number of primary amides is 5. The van der Waals surface area contributed by atoms with Gasteiger partial charge in [0.1, 0.15) is 84.4 Å². The lowest BCUT2D eigenvalue weighted by atomic mass is 9.91. The number of rotatable bonds is 43. The molecule has 1 aliphatic heterocycles. The smallest absolute Gasteiger partial charge is 0.303 e. The maximum Gasteiger partial charge on any atom is 0.303 e. The van der Waals surface area contributed by atoms with Crippen LogP contribution < -0.4 is 108 Å².